The van der Waals surface area contributed by atoms with Gasteiger partial charge in [0.25, 0.3) is 0 Å². The molecule has 0 radical (unpaired) electrons. The number of rotatable bonds is 3. The van der Waals surface area contributed by atoms with Gasteiger partial charge in [0, 0.05) is 11.7 Å². The van der Waals surface area contributed by atoms with Gasteiger partial charge in [-0.2, -0.15) is 0 Å². The average Bonchev–Trinajstić information content (AvgIpc) is 2.32. The molecule has 0 aromatic heterocycles. The molecule has 1 fully saturated rings. The fraction of sp³-hybridized carbons (Fsp3) is 0.600. The Hall–Kier alpha value is -0.980. The lowest BCUT2D eigenvalue weighted by molar-refractivity contribution is 0.327. The fourth-order valence-electron chi connectivity index (χ4n) is 2.75. The first-order valence-electron chi connectivity index (χ1n) is 6.61. The van der Waals surface area contributed by atoms with Crippen LogP contribution in [0, 0.1) is 12.8 Å². The number of benzene rings is 1. The van der Waals surface area contributed by atoms with Gasteiger partial charge in [0.15, 0.2) is 0 Å². The molecular weight excluding hydrogens is 194 g/mol. The summed E-state index contributed by atoms with van der Waals surface area (Å²) in [5.74, 6) is 0.940. The summed E-state index contributed by atoms with van der Waals surface area (Å²) in [4.78, 5) is 0. The van der Waals surface area contributed by atoms with Crippen LogP contribution in [0.4, 0.5) is 5.69 Å². The molecule has 1 aliphatic carbocycles. The van der Waals surface area contributed by atoms with Gasteiger partial charge in [-0.05, 0) is 37.3 Å². The van der Waals surface area contributed by atoms with Crippen LogP contribution < -0.4 is 5.32 Å². The Bertz CT molecular complexity index is 332. The van der Waals surface area contributed by atoms with Crippen molar-refractivity contribution in [2.24, 2.45) is 5.92 Å². The summed E-state index contributed by atoms with van der Waals surface area (Å²) < 4.78 is 0. The first kappa shape index (κ1) is 11.5. The van der Waals surface area contributed by atoms with E-state index in [2.05, 4.69) is 43.4 Å². The predicted octanol–water partition coefficient (Wildman–Crippen LogP) is 4.38. The van der Waals surface area contributed by atoms with E-state index in [1.807, 2.05) is 0 Å². The number of nitrogens with one attached hydrogen (secondary N) is 1. The number of anilines is 1. The smallest absolute Gasteiger partial charge is 0.0372 e. The van der Waals surface area contributed by atoms with Gasteiger partial charge in [-0.3, -0.25) is 0 Å². The van der Waals surface area contributed by atoms with Gasteiger partial charge in [0.05, 0.1) is 0 Å². The molecule has 0 aliphatic heterocycles. The molecule has 88 valence electrons. The van der Waals surface area contributed by atoms with E-state index >= 15 is 0 Å². The lowest BCUT2D eigenvalue weighted by atomic mass is 9.84. The Kier molecular flexibility index (Phi) is 3.87. The zero-order valence-corrected chi connectivity index (χ0v) is 10.5. The standard InChI is InChI=1S/C15H23N/c1-3-13-8-6-9-14(11-13)16-15-10-5-4-7-12(15)2/h4-5,7,10,13-14,16H,3,6,8-9,11H2,1-2H3. The van der Waals surface area contributed by atoms with Gasteiger partial charge in [-0.15, -0.1) is 0 Å². The van der Waals surface area contributed by atoms with Crippen LogP contribution >= 0.6 is 0 Å². The Morgan fingerprint density at radius 2 is 2.06 bits per heavy atom. The van der Waals surface area contributed by atoms with Crippen LogP contribution in [0.3, 0.4) is 0 Å². The lowest BCUT2D eigenvalue weighted by Gasteiger charge is -2.30. The highest BCUT2D eigenvalue weighted by Gasteiger charge is 2.20. The van der Waals surface area contributed by atoms with Crippen LogP contribution in [0.5, 0.6) is 0 Å². The summed E-state index contributed by atoms with van der Waals surface area (Å²) >= 11 is 0. The van der Waals surface area contributed by atoms with Gasteiger partial charge in [0.1, 0.15) is 0 Å². The van der Waals surface area contributed by atoms with E-state index in [4.69, 9.17) is 0 Å². The van der Waals surface area contributed by atoms with E-state index in [-0.39, 0.29) is 0 Å². The molecule has 1 aromatic rings. The molecule has 1 nitrogen and oxygen atoms in total. The maximum absolute atomic E-state index is 3.71. The largest absolute Gasteiger partial charge is 0.382 e. The first-order valence-corrected chi connectivity index (χ1v) is 6.61. The van der Waals surface area contributed by atoms with Gasteiger partial charge in [0.2, 0.25) is 0 Å². The number of hydrogen-bond donors (Lipinski definition) is 1. The minimum atomic E-state index is 0.694. The van der Waals surface area contributed by atoms with E-state index in [1.165, 1.54) is 43.4 Å². The molecule has 0 saturated heterocycles. The molecule has 1 saturated carbocycles. The van der Waals surface area contributed by atoms with Crippen LogP contribution in [0.1, 0.15) is 44.6 Å². The monoisotopic (exact) mass is 217 g/mol. The fourth-order valence-corrected chi connectivity index (χ4v) is 2.75. The third-order valence-electron chi connectivity index (χ3n) is 3.86. The van der Waals surface area contributed by atoms with Crippen LogP contribution in [0.2, 0.25) is 0 Å². The van der Waals surface area contributed by atoms with E-state index in [9.17, 15) is 0 Å². The highest BCUT2D eigenvalue weighted by Crippen LogP contribution is 2.29. The quantitative estimate of drug-likeness (QED) is 0.792. The molecule has 2 atom stereocenters. The van der Waals surface area contributed by atoms with Crippen LogP contribution in [0.15, 0.2) is 24.3 Å². The molecule has 0 spiro atoms. The molecule has 1 aliphatic rings. The molecule has 0 heterocycles. The second-order valence-electron chi connectivity index (χ2n) is 5.10. The van der Waals surface area contributed by atoms with Crippen molar-refractivity contribution in [1.29, 1.82) is 0 Å². The van der Waals surface area contributed by atoms with E-state index in [1.54, 1.807) is 0 Å². The van der Waals surface area contributed by atoms with E-state index < -0.39 is 0 Å². The molecule has 0 amide bonds. The van der Waals surface area contributed by atoms with Crippen molar-refractivity contribution < 1.29 is 0 Å². The number of hydrogen-bond acceptors (Lipinski definition) is 1. The molecule has 2 unspecified atom stereocenters. The van der Waals surface area contributed by atoms with E-state index in [0.29, 0.717) is 6.04 Å². The molecule has 0 bridgehead atoms. The zero-order chi connectivity index (χ0) is 11.4. The molecule has 1 aromatic carbocycles. The second kappa shape index (κ2) is 5.38. The maximum Gasteiger partial charge on any atom is 0.0372 e. The summed E-state index contributed by atoms with van der Waals surface area (Å²) in [5, 5.41) is 3.71. The summed E-state index contributed by atoms with van der Waals surface area (Å²) in [6.07, 6.45) is 6.85. The SMILES string of the molecule is CCC1CCCC(Nc2ccccc2C)C1. The minimum Gasteiger partial charge on any atom is -0.382 e. The third-order valence-corrected chi connectivity index (χ3v) is 3.86. The number of para-hydroxylation sites is 1. The Labute approximate surface area is 99.3 Å². The highest BCUT2D eigenvalue weighted by atomic mass is 14.9. The zero-order valence-electron chi connectivity index (χ0n) is 10.5. The van der Waals surface area contributed by atoms with Crippen molar-refractivity contribution in [2.45, 2.75) is 52.0 Å². The summed E-state index contributed by atoms with van der Waals surface area (Å²) in [6, 6.07) is 9.30. The minimum absolute atomic E-state index is 0.694. The molecule has 2 rings (SSSR count). The molecule has 1 N–H and O–H groups in total. The van der Waals surface area contributed by atoms with Crippen molar-refractivity contribution in [3.05, 3.63) is 29.8 Å². The van der Waals surface area contributed by atoms with Crippen LogP contribution in [-0.4, -0.2) is 6.04 Å². The molecular formula is C15H23N. The molecule has 16 heavy (non-hydrogen) atoms. The predicted molar refractivity (Wildman–Crippen MR) is 70.8 cm³/mol. The third kappa shape index (κ3) is 2.78. The average molecular weight is 217 g/mol. The highest BCUT2D eigenvalue weighted by molar-refractivity contribution is 5.50. The van der Waals surface area contributed by atoms with E-state index in [0.717, 1.165) is 5.92 Å². The van der Waals surface area contributed by atoms with Crippen molar-refractivity contribution in [3.8, 4) is 0 Å². The summed E-state index contributed by atoms with van der Waals surface area (Å²) in [7, 11) is 0. The van der Waals surface area contributed by atoms with Gasteiger partial charge in [-0.25, -0.2) is 0 Å². The van der Waals surface area contributed by atoms with Crippen LogP contribution in [-0.2, 0) is 0 Å². The van der Waals surface area contributed by atoms with Gasteiger partial charge >= 0.3 is 0 Å². The van der Waals surface area contributed by atoms with Gasteiger partial charge in [-0.1, -0.05) is 44.4 Å². The normalized spacial score (nSPS) is 25.4. The van der Waals surface area contributed by atoms with Gasteiger partial charge < -0.3 is 5.32 Å². The first-order chi connectivity index (χ1) is 7.79. The molecule has 1 heteroatoms. The topological polar surface area (TPSA) is 12.0 Å². The lowest BCUT2D eigenvalue weighted by Crippen LogP contribution is -2.27. The maximum atomic E-state index is 3.71. The Morgan fingerprint density at radius 1 is 1.25 bits per heavy atom. The summed E-state index contributed by atoms with van der Waals surface area (Å²) in [6.45, 7) is 4.50. The second-order valence-corrected chi connectivity index (χ2v) is 5.10. The Morgan fingerprint density at radius 3 is 2.81 bits per heavy atom. The number of aryl methyl sites for hydroxylation is 1. The van der Waals surface area contributed by atoms with Crippen molar-refractivity contribution >= 4 is 5.69 Å². The summed E-state index contributed by atoms with van der Waals surface area (Å²) in [5.41, 5.74) is 2.69. The van der Waals surface area contributed by atoms with Crippen LogP contribution in [0.25, 0.3) is 0 Å². The Balaban J connectivity index is 1.97. The van der Waals surface area contributed by atoms with Crippen molar-refractivity contribution in [2.75, 3.05) is 5.32 Å². The van der Waals surface area contributed by atoms with Crippen molar-refractivity contribution in [3.63, 3.8) is 0 Å². The van der Waals surface area contributed by atoms with Crippen molar-refractivity contribution in [1.82, 2.24) is 0 Å².